The Balaban J connectivity index is 1.86. The molecule has 5 heteroatoms. The van der Waals surface area contributed by atoms with Gasteiger partial charge in [0.05, 0.1) is 0 Å². The summed E-state index contributed by atoms with van der Waals surface area (Å²) >= 11 is 5.19. The molecule has 1 amide bonds. The summed E-state index contributed by atoms with van der Waals surface area (Å²) in [5.74, 6) is -0.223. The highest BCUT2D eigenvalue weighted by atomic mass is 32.1. The van der Waals surface area contributed by atoms with Gasteiger partial charge in [0, 0.05) is 11.3 Å². The van der Waals surface area contributed by atoms with E-state index in [1.54, 1.807) is 12.1 Å². The van der Waals surface area contributed by atoms with Crippen LogP contribution in [0, 0.1) is 0 Å². The van der Waals surface area contributed by atoms with Crippen molar-refractivity contribution < 1.29 is 4.79 Å². The second kappa shape index (κ2) is 8.29. The number of carbonyl (C=O) groups is 1. The van der Waals surface area contributed by atoms with Crippen LogP contribution in [0.3, 0.4) is 0 Å². The third-order valence-corrected chi connectivity index (χ3v) is 3.71. The number of thiocarbonyl (C=S) groups is 1. The maximum atomic E-state index is 12.0. The predicted octanol–water partition coefficient (Wildman–Crippen LogP) is 3.44. The van der Waals surface area contributed by atoms with Crippen LogP contribution in [0.5, 0.6) is 0 Å². The number of carbonyl (C=O) groups excluding carboxylic acids is 1. The summed E-state index contributed by atoms with van der Waals surface area (Å²) in [6.07, 6.45) is 1.91. The molecule has 120 valence electrons. The smallest absolute Gasteiger partial charge is 0.269 e. The first-order valence-electron chi connectivity index (χ1n) is 7.67. The lowest BCUT2D eigenvalue weighted by atomic mass is 10.1. The van der Waals surface area contributed by atoms with E-state index in [1.165, 1.54) is 11.1 Å². The predicted molar refractivity (Wildman–Crippen MR) is 98.5 cm³/mol. The number of hydrazine groups is 1. The third kappa shape index (κ3) is 5.07. The minimum Gasteiger partial charge on any atom is -0.331 e. The molecule has 2 rings (SSSR count). The van der Waals surface area contributed by atoms with Crippen LogP contribution in [0.4, 0.5) is 5.69 Å². The zero-order chi connectivity index (χ0) is 16.7. The molecule has 0 spiro atoms. The summed E-state index contributed by atoms with van der Waals surface area (Å²) in [7, 11) is 0. The van der Waals surface area contributed by atoms with Crippen LogP contribution in [-0.4, -0.2) is 11.0 Å². The van der Waals surface area contributed by atoms with E-state index in [2.05, 4.69) is 36.1 Å². The minimum atomic E-state index is -0.223. The van der Waals surface area contributed by atoms with E-state index < -0.39 is 0 Å². The van der Waals surface area contributed by atoms with Crippen LogP contribution < -0.4 is 16.2 Å². The Labute approximate surface area is 142 Å². The van der Waals surface area contributed by atoms with Gasteiger partial charge in [-0.05, 0) is 60.5 Å². The van der Waals surface area contributed by atoms with Crippen LogP contribution >= 0.6 is 12.2 Å². The molecule has 0 aliphatic heterocycles. The van der Waals surface area contributed by atoms with Crippen molar-refractivity contribution in [3.8, 4) is 0 Å². The van der Waals surface area contributed by atoms with Gasteiger partial charge in [-0.15, -0.1) is 0 Å². The Morgan fingerprint density at radius 1 is 0.957 bits per heavy atom. The average Bonchev–Trinajstić information content (AvgIpc) is 2.60. The second-order valence-corrected chi connectivity index (χ2v) is 5.55. The van der Waals surface area contributed by atoms with Crippen molar-refractivity contribution in [2.75, 3.05) is 5.32 Å². The fourth-order valence-electron chi connectivity index (χ4n) is 2.11. The third-order valence-electron chi connectivity index (χ3n) is 3.51. The van der Waals surface area contributed by atoms with E-state index in [0.29, 0.717) is 10.7 Å². The minimum absolute atomic E-state index is 0.223. The van der Waals surface area contributed by atoms with E-state index in [1.807, 2.05) is 30.3 Å². The van der Waals surface area contributed by atoms with Crippen LogP contribution in [0.2, 0.25) is 0 Å². The van der Waals surface area contributed by atoms with Gasteiger partial charge in [0.1, 0.15) is 0 Å². The Bertz CT molecular complexity index is 683. The maximum Gasteiger partial charge on any atom is 0.269 e. The first-order chi connectivity index (χ1) is 11.1. The molecule has 3 N–H and O–H groups in total. The molecule has 0 bridgehead atoms. The fraction of sp³-hybridized carbons (Fsp3) is 0.222. The Kier molecular flexibility index (Phi) is 6.11. The van der Waals surface area contributed by atoms with Crippen LogP contribution in [0.25, 0.3) is 0 Å². The maximum absolute atomic E-state index is 12.0. The normalized spacial score (nSPS) is 10.0. The number of anilines is 1. The lowest BCUT2D eigenvalue weighted by molar-refractivity contribution is 0.0944. The molecule has 4 nitrogen and oxygen atoms in total. The van der Waals surface area contributed by atoms with Gasteiger partial charge in [-0.1, -0.05) is 38.1 Å². The SMILES string of the molecule is CCc1ccc(C(=O)NNC(=S)Nc2cccc(CC)c2)cc1. The molecule has 23 heavy (non-hydrogen) atoms. The van der Waals surface area contributed by atoms with Gasteiger partial charge in [-0.2, -0.15) is 0 Å². The van der Waals surface area contributed by atoms with Crippen molar-refractivity contribution in [1.29, 1.82) is 0 Å². The van der Waals surface area contributed by atoms with Crippen LogP contribution in [0.15, 0.2) is 48.5 Å². The Morgan fingerprint density at radius 3 is 2.30 bits per heavy atom. The highest BCUT2D eigenvalue weighted by Crippen LogP contribution is 2.10. The van der Waals surface area contributed by atoms with Crippen molar-refractivity contribution in [2.45, 2.75) is 26.7 Å². The number of nitrogens with one attached hydrogen (secondary N) is 3. The quantitative estimate of drug-likeness (QED) is 0.595. The van der Waals surface area contributed by atoms with E-state index in [4.69, 9.17) is 12.2 Å². The molecule has 0 aromatic heterocycles. The average molecular weight is 327 g/mol. The van der Waals surface area contributed by atoms with Gasteiger partial charge >= 0.3 is 0 Å². The molecule has 0 heterocycles. The zero-order valence-corrected chi connectivity index (χ0v) is 14.2. The zero-order valence-electron chi connectivity index (χ0n) is 13.3. The van der Waals surface area contributed by atoms with Crippen molar-refractivity contribution in [3.63, 3.8) is 0 Å². The van der Waals surface area contributed by atoms with E-state index in [-0.39, 0.29) is 5.91 Å². The topological polar surface area (TPSA) is 53.2 Å². The summed E-state index contributed by atoms with van der Waals surface area (Å²) in [5.41, 5.74) is 9.21. The molecular weight excluding hydrogens is 306 g/mol. The number of hydrogen-bond acceptors (Lipinski definition) is 2. The number of benzene rings is 2. The molecule has 0 radical (unpaired) electrons. The Hall–Kier alpha value is -2.40. The van der Waals surface area contributed by atoms with Crippen molar-refractivity contribution in [2.24, 2.45) is 0 Å². The lowest BCUT2D eigenvalue weighted by Crippen LogP contribution is -2.43. The number of aryl methyl sites for hydroxylation is 2. The first-order valence-corrected chi connectivity index (χ1v) is 8.08. The molecule has 2 aromatic rings. The molecule has 0 aliphatic rings. The van der Waals surface area contributed by atoms with Gasteiger partial charge in [-0.3, -0.25) is 15.6 Å². The van der Waals surface area contributed by atoms with Gasteiger partial charge in [0.25, 0.3) is 5.91 Å². The molecule has 0 aliphatic carbocycles. The molecule has 0 saturated heterocycles. The fourth-order valence-corrected chi connectivity index (χ4v) is 2.28. The molecule has 0 saturated carbocycles. The van der Waals surface area contributed by atoms with Crippen molar-refractivity contribution in [1.82, 2.24) is 10.9 Å². The summed E-state index contributed by atoms with van der Waals surface area (Å²) in [4.78, 5) is 12.0. The van der Waals surface area contributed by atoms with Gasteiger partial charge in [0.15, 0.2) is 5.11 Å². The van der Waals surface area contributed by atoms with E-state index >= 15 is 0 Å². The summed E-state index contributed by atoms with van der Waals surface area (Å²) in [6.45, 7) is 4.17. The van der Waals surface area contributed by atoms with E-state index in [0.717, 1.165) is 18.5 Å². The summed E-state index contributed by atoms with van der Waals surface area (Å²) in [6, 6.07) is 15.5. The molecule has 0 atom stereocenters. The highest BCUT2D eigenvalue weighted by molar-refractivity contribution is 7.80. The monoisotopic (exact) mass is 327 g/mol. The second-order valence-electron chi connectivity index (χ2n) is 5.14. The Morgan fingerprint density at radius 2 is 1.65 bits per heavy atom. The van der Waals surface area contributed by atoms with Gasteiger partial charge in [-0.25, -0.2) is 0 Å². The number of rotatable bonds is 4. The number of amides is 1. The summed E-state index contributed by atoms with van der Waals surface area (Å²) < 4.78 is 0. The van der Waals surface area contributed by atoms with Gasteiger partial charge in [0.2, 0.25) is 0 Å². The number of hydrogen-bond donors (Lipinski definition) is 3. The first kappa shape index (κ1) is 17.0. The largest absolute Gasteiger partial charge is 0.331 e. The van der Waals surface area contributed by atoms with Crippen LogP contribution in [-0.2, 0) is 12.8 Å². The summed E-state index contributed by atoms with van der Waals surface area (Å²) in [5, 5.41) is 3.39. The highest BCUT2D eigenvalue weighted by Gasteiger charge is 2.05. The molecule has 0 fully saturated rings. The molecule has 0 unspecified atom stereocenters. The van der Waals surface area contributed by atoms with Crippen molar-refractivity contribution in [3.05, 3.63) is 65.2 Å². The van der Waals surface area contributed by atoms with Gasteiger partial charge < -0.3 is 5.32 Å². The standard InChI is InChI=1S/C18H21N3OS/c1-3-13-8-10-15(11-9-13)17(22)20-21-18(23)19-16-7-5-6-14(4-2)12-16/h5-12H,3-4H2,1-2H3,(H,20,22)(H2,19,21,23). The van der Waals surface area contributed by atoms with E-state index in [9.17, 15) is 4.79 Å². The lowest BCUT2D eigenvalue weighted by Gasteiger charge is -2.12. The molecular formula is C18H21N3OS. The van der Waals surface area contributed by atoms with Crippen LogP contribution in [0.1, 0.15) is 35.3 Å². The molecule has 2 aromatic carbocycles. The van der Waals surface area contributed by atoms with Crippen molar-refractivity contribution >= 4 is 28.9 Å².